The highest BCUT2D eigenvalue weighted by atomic mass is 16.3. The van der Waals surface area contributed by atoms with E-state index in [-0.39, 0.29) is 5.91 Å². The van der Waals surface area contributed by atoms with Gasteiger partial charge in [0.2, 0.25) is 0 Å². The number of carbonyl (C=O) groups excluding carboxylic acids is 1. The van der Waals surface area contributed by atoms with Gasteiger partial charge in [-0.25, -0.2) is 4.68 Å². The second-order valence-electron chi connectivity index (χ2n) is 4.34. The number of furan rings is 1. The number of carbonyl (C=O) groups is 1. The van der Waals surface area contributed by atoms with Gasteiger partial charge >= 0.3 is 0 Å². The number of aromatic nitrogens is 3. The summed E-state index contributed by atoms with van der Waals surface area (Å²) in [6.45, 7) is 0. The molecule has 0 aromatic carbocycles. The summed E-state index contributed by atoms with van der Waals surface area (Å²) in [5.74, 6) is 0.587. The van der Waals surface area contributed by atoms with Gasteiger partial charge in [0.15, 0.2) is 0 Å². The molecule has 3 aromatic rings. The average Bonchev–Trinajstić information content (AvgIpc) is 3.17. The molecule has 3 heterocycles. The molecule has 0 aliphatic rings. The molecule has 0 aliphatic heterocycles. The predicted octanol–water partition coefficient (Wildman–Crippen LogP) is 2.67. The summed E-state index contributed by atoms with van der Waals surface area (Å²) in [5, 5.41) is 4.23. The molecule has 0 saturated carbocycles. The Morgan fingerprint density at radius 2 is 2.10 bits per heavy atom. The van der Waals surface area contributed by atoms with Crippen molar-refractivity contribution >= 4 is 18.1 Å². The maximum absolute atomic E-state index is 12.2. The average molecular weight is 267 g/mol. The van der Waals surface area contributed by atoms with Crippen LogP contribution in [0.15, 0.2) is 53.4 Å². The zero-order valence-corrected chi connectivity index (χ0v) is 10.9. The third-order valence-electron chi connectivity index (χ3n) is 2.94. The van der Waals surface area contributed by atoms with Crippen LogP contribution in [0, 0.1) is 0 Å². The van der Waals surface area contributed by atoms with E-state index in [4.69, 9.17) is 4.42 Å². The highest BCUT2D eigenvalue weighted by Gasteiger charge is 2.12. The van der Waals surface area contributed by atoms with Crippen LogP contribution in [0.5, 0.6) is 0 Å². The van der Waals surface area contributed by atoms with Crippen LogP contribution >= 0.6 is 0 Å². The van der Waals surface area contributed by atoms with Crippen molar-refractivity contribution in [3.63, 3.8) is 0 Å². The molecule has 5 nitrogen and oxygen atoms in total. The Bertz CT molecular complexity index is 748. The van der Waals surface area contributed by atoms with Crippen molar-refractivity contribution in [2.75, 3.05) is 0 Å². The van der Waals surface area contributed by atoms with Gasteiger partial charge in [-0.3, -0.25) is 4.79 Å². The normalized spacial score (nSPS) is 11.2. The first-order valence-corrected chi connectivity index (χ1v) is 6.17. The van der Waals surface area contributed by atoms with Gasteiger partial charge in [0.1, 0.15) is 11.5 Å². The van der Waals surface area contributed by atoms with E-state index < -0.39 is 0 Å². The molecule has 0 saturated heterocycles. The first-order valence-electron chi connectivity index (χ1n) is 6.17. The Hall–Kier alpha value is -2.82. The first-order chi connectivity index (χ1) is 9.74. The van der Waals surface area contributed by atoms with Crippen LogP contribution in [0.4, 0.5) is 0 Å². The lowest BCUT2D eigenvalue weighted by atomic mass is 10.3. The molecule has 3 aromatic heterocycles. The lowest BCUT2D eigenvalue weighted by molar-refractivity contribution is 0.0937. The molecule has 0 unspecified atom stereocenters. The molecule has 0 N–H and O–H groups in total. The summed E-state index contributed by atoms with van der Waals surface area (Å²) in [4.78, 5) is 12.2. The fourth-order valence-corrected chi connectivity index (χ4v) is 1.89. The van der Waals surface area contributed by atoms with Crippen LogP contribution in [-0.2, 0) is 7.05 Å². The van der Waals surface area contributed by atoms with E-state index in [0.717, 1.165) is 5.76 Å². The Kier molecular flexibility index (Phi) is 3.09. The van der Waals surface area contributed by atoms with Crippen molar-refractivity contribution in [1.82, 2.24) is 14.3 Å². The van der Waals surface area contributed by atoms with Gasteiger partial charge in [0.05, 0.1) is 12.0 Å². The van der Waals surface area contributed by atoms with Crippen molar-refractivity contribution in [2.45, 2.75) is 0 Å². The quantitative estimate of drug-likeness (QED) is 0.733. The summed E-state index contributed by atoms with van der Waals surface area (Å²) in [7, 11) is 1.83. The number of hydrogen-bond donors (Lipinski definition) is 0. The lowest BCUT2D eigenvalue weighted by Gasteiger charge is -2.01. The van der Waals surface area contributed by atoms with Gasteiger partial charge in [-0.1, -0.05) is 0 Å². The Morgan fingerprint density at radius 1 is 1.20 bits per heavy atom. The van der Waals surface area contributed by atoms with Gasteiger partial charge < -0.3 is 8.98 Å². The smallest absolute Gasteiger partial charge is 0.294 e. The van der Waals surface area contributed by atoms with Crippen LogP contribution in [0.2, 0.25) is 0 Å². The molecular formula is C15H13N3O2. The largest absolute Gasteiger partial charge is 0.465 e. The summed E-state index contributed by atoms with van der Waals surface area (Å²) in [5.41, 5.74) is 1.29. The highest BCUT2D eigenvalue weighted by molar-refractivity contribution is 5.94. The summed E-state index contributed by atoms with van der Waals surface area (Å²) >= 11 is 0. The highest BCUT2D eigenvalue weighted by Crippen LogP contribution is 2.08. The van der Waals surface area contributed by atoms with E-state index in [1.54, 1.807) is 41.3 Å². The molecule has 0 radical (unpaired) electrons. The predicted molar refractivity (Wildman–Crippen MR) is 75.0 cm³/mol. The summed E-state index contributed by atoms with van der Waals surface area (Å²) in [6.07, 6.45) is 8.69. The number of aryl methyl sites for hydroxylation is 1. The minimum atomic E-state index is -0.157. The van der Waals surface area contributed by atoms with E-state index >= 15 is 0 Å². The van der Waals surface area contributed by atoms with E-state index in [0.29, 0.717) is 11.4 Å². The Morgan fingerprint density at radius 3 is 2.80 bits per heavy atom. The monoisotopic (exact) mass is 267 g/mol. The fourth-order valence-electron chi connectivity index (χ4n) is 1.89. The maximum atomic E-state index is 12.2. The van der Waals surface area contributed by atoms with Crippen LogP contribution in [0.3, 0.4) is 0 Å². The van der Waals surface area contributed by atoms with Crippen molar-refractivity contribution in [3.05, 3.63) is 66.1 Å². The van der Waals surface area contributed by atoms with E-state index in [2.05, 4.69) is 5.10 Å². The number of nitrogens with zero attached hydrogens (tertiary/aromatic N) is 3. The van der Waals surface area contributed by atoms with Gasteiger partial charge in [-0.2, -0.15) is 5.10 Å². The second-order valence-corrected chi connectivity index (χ2v) is 4.34. The molecule has 0 fully saturated rings. The molecule has 0 aliphatic carbocycles. The maximum Gasteiger partial charge on any atom is 0.294 e. The van der Waals surface area contributed by atoms with Gasteiger partial charge in [0, 0.05) is 19.4 Å². The zero-order chi connectivity index (χ0) is 13.9. The van der Waals surface area contributed by atoms with E-state index in [1.807, 2.05) is 31.4 Å². The topological polar surface area (TPSA) is 53.0 Å². The first kappa shape index (κ1) is 12.2. The molecule has 5 heteroatoms. The minimum Gasteiger partial charge on any atom is -0.465 e. The van der Waals surface area contributed by atoms with Gasteiger partial charge in [-0.05, 0) is 42.5 Å². The molecular weight excluding hydrogens is 254 g/mol. The molecule has 20 heavy (non-hydrogen) atoms. The Balaban J connectivity index is 1.80. The number of rotatable bonds is 3. The SMILES string of the molecule is Cn1cccc1C(=O)n1ccc(C=Cc2ccco2)n1. The third-order valence-corrected chi connectivity index (χ3v) is 2.94. The van der Waals surface area contributed by atoms with Crippen LogP contribution in [-0.4, -0.2) is 20.3 Å². The molecule has 3 rings (SSSR count). The van der Waals surface area contributed by atoms with Crippen molar-refractivity contribution in [3.8, 4) is 0 Å². The van der Waals surface area contributed by atoms with Gasteiger partial charge in [-0.15, -0.1) is 0 Å². The van der Waals surface area contributed by atoms with Crippen molar-refractivity contribution < 1.29 is 9.21 Å². The van der Waals surface area contributed by atoms with E-state index in [1.165, 1.54) is 4.68 Å². The minimum absolute atomic E-state index is 0.157. The molecule has 0 spiro atoms. The summed E-state index contributed by atoms with van der Waals surface area (Å²) < 4.78 is 8.29. The lowest BCUT2D eigenvalue weighted by Crippen LogP contribution is -2.15. The molecule has 100 valence electrons. The van der Waals surface area contributed by atoms with Crippen LogP contribution < -0.4 is 0 Å². The van der Waals surface area contributed by atoms with Crippen molar-refractivity contribution in [2.24, 2.45) is 7.05 Å². The van der Waals surface area contributed by atoms with E-state index in [9.17, 15) is 4.79 Å². The van der Waals surface area contributed by atoms with Crippen molar-refractivity contribution in [1.29, 1.82) is 0 Å². The molecule has 0 amide bonds. The summed E-state index contributed by atoms with van der Waals surface area (Å²) in [6, 6.07) is 9.04. The standard InChI is InChI=1S/C15H13N3O2/c1-17-9-2-5-14(17)15(19)18-10-8-12(16-18)6-7-13-4-3-11-20-13/h2-11H,1H3. The van der Waals surface area contributed by atoms with Crippen LogP contribution in [0.1, 0.15) is 21.9 Å². The van der Waals surface area contributed by atoms with Crippen LogP contribution in [0.25, 0.3) is 12.2 Å². The second kappa shape index (κ2) is 5.05. The zero-order valence-electron chi connectivity index (χ0n) is 10.9. The number of hydrogen-bond acceptors (Lipinski definition) is 3. The molecule has 0 atom stereocenters. The third kappa shape index (κ3) is 2.33. The van der Waals surface area contributed by atoms with Gasteiger partial charge in [0.25, 0.3) is 5.91 Å². The Labute approximate surface area is 115 Å². The molecule has 0 bridgehead atoms. The fraction of sp³-hybridized carbons (Fsp3) is 0.0667.